The molecule has 2 aromatic rings. The number of rotatable bonds is 7. The quantitative estimate of drug-likeness (QED) is 0.191. The Bertz CT molecular complexity index is 1150. The summed E-state index contributed by atoms with van der Waals surface area (Å²) in [7, 11) is 0. The molecule has 3 fully saturated rings. The highest BCUT2D eigenvalue weighted by molar-refractivity contribution is 8.17. The van der Waals surface area contributed by atoms with Crippen molar-refractivity contribution in [2.75, 3.05) is 0 Å². The second-order valence-corrected chi connectivity index (χ2v) is 15.8. The zero-order valence-corrected chi connectivity index (χ0v) is 25.5. The Balaban J connectivity index is 1.26. The third-order valence-electron chi connectivity index (χ3n) is 11.1. The number of ether oxygens (including phenoxy) is 1. The summed E-state index contributed by atoms with van der Waals surface area (Å²) in [6.45, 7) is 6.79. The molecule has 0 amide bonds. The summed E-state index contributed by atoms with van der Waals surface area (Å²) in [6.07, 6.45) is 12.4. The highest BCUT2D eigenvalue weighted by Gasteiger charge is 2.64. The van der Waals surface area contributed by atoms with Crippen LogP contribution in [0.25, 0.3) is 0 Å². The van der Waals surface area contributed by atoms with Gasteiger partial charge in [0.2, 0.25) is 0 Å². The maximum absolute atomic E-state index is 11.6. The molecule has 0 aliphatic heterocycles. The van der Waals surface area contributed by atoms with E-state index < -0.39 is 0 Å². The third-order valence-corrected chi connectivity index (χ3v) is 15.0. The van der Waals surface area contributed by atoms with Crippen LogP contribution >= 0.6 is 23.5 Å². The summed E-state index contributed by atoms with van der Waals surface area (Å²) in [5, 5.41) is 0. The number of carbonyl (C=O) groups excluding carboxylic acids is 1. The monoisotopic (exact) mass is 560 g/mol. The Morgan fingerprint density at radius 2 is 1.46 bits per heavy atom. The fourth-order valence-corrected chi connectivity index (χ4v) is 12.5. The van der Waals surface area contributed by atoms with Crippen LogP contribution in [-0.2, 0) is 21.0 Å². The largest absolute Gasteiger partial charge is 0.462 e. The first kappa shape index (κ1) is 27.5. The van der Waals surface area contributed by atoms with Gasteiger partial charge in [-0.3, -0.25) is 4.79 Å². The zero-order valence-electron chi connectivity index (χ0n) is 23.9. The Labute approximate surface area is 244 Å². The van der Waals surface area contributed by atoms with Gasteiger partial charge >= 0.3 is 5.97 Å². The smallest absolute Gasteiger partial charge is 0.302 e. The third kappa shape index (κ3) is 5.03. The van der Waals surface area contributed by atoms with Gasteiger partial charge in [0.25, 0.3) is 0 Å². The van der Waals surface area contributed by atoms with E-state index in [2.05, 4.69) is 104 Å². The highest BCUT2D eigenvalue weighted by atomic mass is 32.2. The lowest BCUT2D eigenvalue weighted by Gasteiger charge is -2.59. The van der Waals surface area contributed by atoms with Crippen molar-refractivity contribution in [3.05, 3.63) is 83.4 Å². The van der Waals surface area contributed by atoms with Crippen LogP contribution in [0, 0.1) is 28.6 Å². The molecule has 4 aliphatic rings. The number of esters is 1. The van der Waals surface area contributed by atoms with Gasteiger partial charge in [-0.1, -0.05) is 86.2 Å². The fourth-order valence-electron chi connectivity index (χ4n) is 8.98. The van der Waals surface area contributed by atoms with Crippen LogP contribution in [0.4, 0.5) is 0 Å². The van der Waals surface area contributed by atoms with Gasteiger partial charge in [-0.05, 0) is 84.7 Å². The number of hydrogen-bond donors (Lipinski definition) is 0. The van der Waals surface area contributed by atoms with Crippen molar-refractivity contribution in [1.29, 1.82) is 0 Å². The van der Waals surface area contributed by atoms with E-state index in [4.69, 9.17) is 4.74 Å². The van der Waals surface area contributed by atoms with Gasteiger partial charge < -0.3 is 4.74 Å². The Hall–Kier alpha value is -1.65. The van der Waals surface area contributed by atoms with Crippen LogP contribution < -0.4 is 0 Å². The predicted molar refractivity (Wildman–Crippen MR) is 165 cm³/mol. The standard InChI is InChI=1S/C35H44O2S2/c1-25(36)37-29-16-19-33(2)28(22-29)14-15-30-31(33)17-20-34(3)32(30)18-21-35(34,38-23-26-10-6-4-7-11-26)39-24-27-12-8-5-9-13-27/h4-14,29-32H,15-24H2,1-3H3/t29?,30-,31+,32+,33+,34+/m1/s1. The van der Waals surface area contributed by atoms with Crippen molar-refractivity contribution in [2.45, 2.75) is 93.8 Å². The van der Waals surface area contributed by atoms with Gasteiger partial charge in [-0.15, -0.1) is 23.5 Å². The molecule has 0 N–H and O–H groups in total. The molecule has 6 atom stereocenters. The average molecular weight is 561 g/mol. The molecule has 0 spiro atoms. The second-order valence-electron chi connectivity index (χ2n) is 13.0. The number of benzene rings is 2. The van der Waals surface area contributed by atoms with Crippen molar-refractivity contribution < 1.29 is 9.53 Å². The van der Waals surface area contributed by atoms with Crippen LogP contribution in [0.5, 0.6) is 0 Å². The lowest BCUT2D eigenvalue weighted by atomic mass is 9.48. The topological polar surface area (TPSA) is 26.3 Å². The van der Waals surface area contributed by atoms with E-state index in [1.54, 1.807) is 12.5 Å². The molecule has 39 heavy (non-hydrogen) atoms. The van der Waals surface area contributed by atoms with Gasteiger partial charge in [0.05, 0.1) is 4.08 Å². The molecular weight excluding hydrogens is 517 g/mol. The molecule has 0 bridgehead atoms. The minimum Gasteiger partial charge on any atom is -0.462 e. The summed E-state index contributed by atoms with van der Waals surface area (Å²) in [6, 6.07) is 22.2. The number of thioether (sulfide) groups is 2. The van der Waals surface area contributed by atoms with E-state index in [0.717, 1.165) is 48.5 Å². The molecule has 1 unspecified atom stereocenters. The number of fused-ring (bicyclic) bond motifs is 5. The van der Waals surface area contributed by atoms with Crippen LogP contribution in [0.2, 0.25) is 0 Å². The van der Waals surface area contributed by atoms with Crippen molar-refractivity contribution >= 4 is 29.5 Å². The van der Waals surface area contributed by atoms with Gasteiger partial charge in [0, 0.05) is 24.9 Å². The van der Waals surface area contributed by atoms with Gasteiger partial charge in [-0.25, -0.2) is 0 Å². The fraction of sp³-hybridized carbons (Fsp3) is 0.571. The molecule has 4 aliphatic carbocycles. The van der Waals surface area contributed by atoms with E-state index in [9.17, 15) is 4.79 Å². The Morgan fingerprint density at radius 1 is 0.846 bits per heavy atom. The summed E-state index contributed by atoms with van der Waals surface area (Å²) in [5.41, 5.74) is 5.10. The van der Waals surface area contributed by atoms with E-state index in [0.29, 0.717) is 5.41 Å². The summed E-state index contributed by atoms with van der Waals surface area (Å²) in [5.74, 6) is 4.39. The molecular formula is C35H44O2S2. The predicted octanol–water partition coefficient (Wildman–Crippen LogP) is 9.44. The molecule has 0 aromatic heterocycles. The van der Waals surface area contributed by atoms with Gasteiger partial charge in [0.15, 0.2) is 0 Å². The normalized spacial score (nSPS) is 34.8. The maximum atomic E-state index is 11.6. The first-order valence-corrected chi connectivity index (χ1v) is 17.0. The van der Waals surface area contributed by atoms with Gasteiger partial charge in [0.1, 0.15) is 6.10 Å². The lowest BCUT2D eigenvalue weighted by Crippen LogP contribution is -2.53. The average Bonchev–Trinajstić information content (AvgIpc) is 3.24. The van der Waals surface area contributed by atoms with Gasteiger partial charge in [-0.2, -0.15) is 0 Å². The van der Waals surface area contributed by atoms with Crippen LogP contribution in [0.1, 0.15) is 83.3 Å². The minimum atomic E-state index is -0.130. The van der Waals surface area contributed by atoms with Crippen molar-refractivity contribution in [3.8, 4) is 0 Å². The second kappa shape index (κ2) is 11.0. The molecule has 0 radical (unpaired) electrons. The van der Waals surface area contributed by atoms with Crippen LogP contribution in [-0.4, -0.2) is 16.2 Å². The van der Waals surface area contributed by atoms with E-state index in [-0.39, 0.29) is 21.6 Å². The molecule has 0 heterocycles. The molecule has 208 valence electrons. The lowest BCUT2D eigenvalue weighted by molar-refractivity contribution is -0.148. The number of allylic oxidation sites excluding steroid dienone is 1. The highest BCUT2D eigenvalue weighted by Crippen LogP contribution is 2.72. The van der Waals surface area contributed by atoms with E-state index in [1.165, 1.54) is 43.2 Å². The zero-order chi connectivity index (χ0) is 27.1. The Kier molecular flexibility index (Phi) is 7.74. The molecule has 0 saturated heterocycles. The first-order valence-electron chi connectivity index (χ1n) is 15.1. The maximum Gasteiger partial charge on any atom is 0.302 e. The van der Waals surface area contributed by atoms with Crippen molar-refractivity contribution in [1.82, 2.24) is 0 Å². The summed E-state index contributed by atoms with van der Waals surface area (Å²) < 4.78 is 5.92. The Morgan fingerprint density at radius 3 is 2.08 bits per heavy atom. The molecule has 2 nitrogen and oxygen atoms in total. The SMILES string of the molecule is CC(=O)OC1CC[C@@]2(C)C(=CC[C@@H]3[C@@H]2CC[C@@]2(C)[C@H]3CCC2(SCc2ccccc2)SCc2ccccc2)C1. The van der Waals surface area contributed by atoms with E-state index >= 15 is 0 Å². The van der Waals surface area contributed by atoms with Crippen LogP contribution in [0.3, 0.4) is 0 Å². The summed E-state index contributed by atoms with van der Waals surface area (Å²) in [4.78, 5) is 11.6. The first-order chi connectivity index (χ1) is 18.8. The summed E-state index contributed by atoms with van der Waals surface area (Å²) >= 11 is 4.51. The molecule has 4 heteroatoms. The number of carbonyl (C=O) groups is 1. The molecule has 2 aromatic carbocycles. The van der Waals surface area contributed by atoms with Crippen LogP contribution in [0.15, 0.2) is 72.3 Å². The molecule has 6 rings (SSSR count). The van der Waals surface area contributed by atoms with Crippen molar-refractivity contribution in [3.63, 3.8) is 0 Å². The van der Waals surface area contributed by atoms with E-state index in [1.807, 2.05) is 0 Å². The minimum absolute atomic E-state index is 0.0788. The molecule has 3 saturated carbocycles. The number of hydrogen-bond acceptors (Lipinski definition) is 4. The van der Waals surface area contributed by atoms with Crippen molar-refractivity contribution in [2.24, 2.45) is 28.6 Å².